The van der Waals surface area contributed by atoms with E-state index in [1.807, 2.05) is 19.4 Å². The number of nitrogens with one attached hydrogen (secondary N) is 1. The smallest absolute Gasteiger partial charge is 0.126 e. The molecule has 1 unspecified atom stereocenters. The highest BCUT2D eigenvalue weighted by Crippen LogP contribution is 2.23. The van der Waals surface area contributed by atoms with E-state index >= 15 is 0 Å². The quantitative estimate of drug-likeness (QED) is 0.882. The van der Waals surface area contributed by atoms with E-state index in [1.54, 1.807) is 6.07 Å². The zero-order valence-corrected chi connectivity index (χ0v) is 12.5. The zero-order valence-electron chi connectivity index (χ0n) is 11.7. The van der Waals surface area contributed by atoms with Gasteiger partial charge in [-0.15, -0.1) is 0 Å². The summed E-state index contributed by atoms with van der Waals surface area (Å²) in [6.45, 7) is 3.07. The number of nitrogens with zero attached hydrogens (tertiary/aromatic N) is 2. The number of hydrogen-bond donors (Lipinski definition) is 1. The second kappa shape index (κ2) is 6.86. The summed E-state index contributed by atoms with van der Waals surface area (Å²) in [5.41, 5.74) is 0.915. The summed E-state index contributed by atoms with van der Waals surface area (Å²) in [5.74, 6) is 0.669. The maximum Gasteiger partial charge on any atom is 0.126 e. The molecule has 1 aromatic heterocycles. The van der Waals surface area contributed by atoms with Crippen molar-refractivity contribution in [3.63, 3.8) is 0 Å². The van der Waals surface area contributed by atoms with Gasteiger partial charge in [-0.05, 0) is 37.6 Å². The molecule has 2 rings (SSSR count). The van der Waals surface area contributed by atoms with Crippen LogP contribution in [0.3, 0.4) is 0 Å². The molecule has 0 radical (unpaired) electrons. The van der Waals surface area contributed by atoms with Gasteiger partial charge in [-0.3, -0.25) is 0 Å². The highest BCUT2D eigenvalue weighted by atomic mass is 35.5. The van der Waals surface area contributed by atoms with Crippen LogP contribution in [0.5, 0.6) is 0 Å². The Bertz CT molecular complexity index is 568. The van der Waals surface area contributed by atoms with Crippen molar-refractivity contribution in [1.29, 1.82) is 0 Å². The number of halogens is 2. The van der Waals surface area contributed by atoms with Crippen molar-refractivity contribution in [1.82, 2.24) is 14.9 Å². The normalized spacial score (nSPS) is 12.6. The third kappa shape index (κ3) is 3.38. The molecule has 2 aromatic rings. The number of imidazole rings is 1. The monoisotopic (exact) mass is 295 g/mol. The van der Waals surface area contributed by atoms with E-state index in [2.05, 4.69) is 21.8 Å². The van der Waals surface area contributed by atoms with Gasteiger partial charge in [0, 0.05) is 24.0 Å². The van der Waals surface area contributed by atoms with Crippen LogP contribution < -0.4 is 5.32 Å². The summed E-state index contributed by atoms with van der Waals surface area (Å²) >= 11 is 6.10. The second-order valence-corrected chi connectivity index (χ2v) is 5.17. The fraction of sp³-hybridized carbons (Fsp3) is 0.400. The van der Waals surface area contributed by atoms with Crippen molar-refractivity contribution in [3.05, 3.63) is 52.8 Å². The summed E-state index contributed by atoms with van der Waals surface area (Å²) in [6.07, 6.45) is 5.52. The molecule has 0 aliphatic heterocycles. The first kappa shape index (κ1) is 15.0. The first-order chi connectivity index (χ1) is 9.65. The van der Waals surface area contributed by atoms with Gasteiger partial charge in [-0.1, -0.05) is 24.6 Å². The Morgan fingerprint density at radius 1 is 1.45 bits per heavy atom. The van der Waals surface area contributed by atoms with Crippen molar-refractivity contribution in [2.24, 2.45) is 0 Å². The summed E-state index contributed by atoms with van der Waals surface area (Å²) in [6, 6.07) is 4.57. The predicted molar refractivity (Wildman–Crippen MR) is 79.4 cm³/mol. The van der Waals surface area contributed by atoms with Crippen molar-refractivity contribution in [2.45, 2.75) is 32.4 Å². The van der Waals surface area contributed by atoms with E-state index in [4.69, 9.17) is 11.6 Å². The van der Waals surface area contributed by atoms with Crippen LogP contribution in [0.15, 0.2) is 30.6 Å². The maximum atomic E-state index is 13.1. The van der Waals surface area contributed by atoms with Crippen LogP contribution in [0.1, 0.15) is 30.8 Å². The number of likely N-dealkylation sites (N-methyl/N-ethyl adjacent to an activating group) is 1. The van der Waals surface area contributed by atoms with Crippen molar-refractivity contribution < 1.29 is 4.39 Å². The van der Waals surface area contributed by atoms with E-state index in [9.17, 15) is 4.39 Å². The van der Waals surface area contributed by atoms with Crippen molar-refractivity contribution in [3.8, 4) is 0 Å². The molecule has 0 spiro atoms. The Balaban J connectivity index is 2.22. The minimum atomic E-state index is -0.313. The highest BCUT2D eigenvalue weighted by Gasteiger charge is 2.17. The van der Waals surface area contributed by atoms with Gasteiger partial charge in [0.05, 0.1) is 6.04 Å². The topological polar surface area (TPSA) is 29.9 Å². The minimum Gasteiger partial charge on any atom is -0.334 e. The number of rotatable bonds is 6. The van der Waals surface area contributed by atoms with E-state index in [0.717, 1.165) is 24.4 Å². The lowest BCUT2D eigenvalue weighted by atomic mass is 10.1. The van der Waals surface area contributed by atoms with Gasteiger partial charge in [0.1, 0.15) is 11.6 Å². The van der Waals surface area contributed by atoms with Gasteiger partial charge < -0.3 is 9.88 Å². The molecule has 1 aromatic carbocycles. The van der Waals surface area contributed by atoms with Crippen LogP contribution in [-0.4, -0.2) is 16.6 Å². The Morgan fingerprint density at radius 3 is 2.90 bits per heavy atom. The number of hydrogen-bond acceptors (Lipinski definition) is 2. The van der Waals surface area contributed by atoms with Crippen LogP contribution in [0.25, 0.3) is 0 Å². The van der Waals surface area contributed by atoms with E-state index < -0.39 is 0 Å². The van der Waals surface area contributed by atoms with E-state index in [1.165, 1.54) is 12.1 Å². The van der Waals surface area contributed by atoms with Crippen LogP contribution in [0.4, 0.5) is 4.39 Å². The molecule has 3 nitrogen and oxygen atoms in total. The van der Waals surface area contributed by atoms with Gasteiger partial charge in [0.25, 0.3) is 0 Å². The molecule has 0 bridgehead atoms. The summed E-state index contributed by atoms with van der Waals surface area (Å²) in [7, 11) is 1.90. The molecule has 0 amide bonds. The molecule has 0 fully saturated rings. The molecule has 108 valence electrons. The average molecular weight is 296 g/mol. The second-order valence-electron chi connectivity index (χ2n) is 4.76. The fourth-order valence-electron chi connectivity index (χ4n) is 2.29. The summed E-state index contributed by atoms with van der Waals surface area (Å²) in [5, 5.41) is 3.72. The van der Waals surface area contributed by atoms with Gasteiger partial charge >= 0.3 is 0 Å². The Kier molecular flexibility index (Phi) is 5.15. The molecule has 5 heteroatoms. The van der Waals surface area contributed by atoms with Crippen molar-refractivity contribution in [2.75, 3.05) is 7.05 Å². The number of aryl methyl sites for hydroxylation is 1. The molecular weight excluding hydrogens is 277 g/mol. The van der Waals surface area contributed by atoms with Gasteiger partial charge in [0.2, 0.25) is 0 Å². The third-order valence-electron chi connectivity index (χ3n) is 3.31. The summed E-state index contributed by atoms with van der Waals surface area (Å²) < 4.78 is 15.2. The lowest BCUT2D eigenvalue weighted by Crippen LogP contribution is -2.23. The minimum absolute atomic E-state index is 0.0551. The van der Waals surface area contributed by atoms with Crippen LogP contribution in [0.2, 0.25) is 5.02 Å². The van der Waals surface area contributed by atoms with Gasteiger partial charge in [0.15, 0.2) is 0 Å². The van der Waals surface area contributed by atoms with Crippen LogP contribution >= 0.6 is 11.6 Å². The maximum absolute atomic E-state index is 13.1. The van der Waals surface area contributed by atoms with Gasteiger partial charge in [-0.2, -0.15) is 0 Å². The lowest BCUT2D eigenvalue weighted by molar-refractivity contribution is 0.512. The Labute approximate surface area is 123 Å². The molecule has 20 heavy (non-hydrogen) atoms. The van der Waals surface area contributed by atoms with Crippen LogP contribution in [-0.2, 0) is 13.0 Å². The molecule has 1 heterocycles. The Morgan fingerprint density at radius 2 is 2.25 bits per heavy atom. The molecule has 0 saturated carbocycles. The average Bonchev–Trinajstić information content (AvgIpc) is 2.87. The van der Waals surface area contributed by atoms with Gasteiger partial charge in [-0.25, -0.2) is 9.37 Å². The number of benzene rings is 1. The molecule has 0 aliphatic carbocycles. The predicted octanol–water partition coefficient (Wildman–Crippen LogP) is 3.59. The molecule has 0 saturated heterocycles. The largest absolute Gasteiger partial charge is 0.334 e. The van der Waals surface area contributed by atoms with E-state index in [0.29, 0.717) is 11.4 Å². The first-order valence-corrected chi connectivity index (χ1v) is 7.15. The highest BCUT2D eigenvalue weighted by molar-refractivity contribution is 6.31. The van der Waals surface area contributed by atoms with Crippen LogP contribution in [0, 0.1) is 5.82 Å². The first-order valence-electron chi connectivity index (χ1n) is 6.78. The molecule has 1 N–H and O–H groups in total. The fourth-order valence-corrected chi connectivity index (χ4v) is 2.53. The lowest BCUT2D eigenvalue weighted by Gasteiger charge is -2.18. The third-order valence-corrected chi connectivity index (χ3v) is 3.66. The summed E-state index contributed by atoms with van der Waals surface area (Å²) in [4.78, 5) is 4.43. The molecule has 0 aliphatic rings. The molecular formula is C15H19ClFN3. The van der Waals surface area contributed by atoms with E-state index in [-0.39, 0.29) is 11.9 Å². The zero-order chi connectivity index (χ0) is 14.5. The molecule has 1 atom stereocenters. The standard InChI is InChI=1S/C15H19ClFN3/c1-3-7-20-8-6-19-15(20)14(18-2)9-11-4-5-12(17)10-13(11)16/h4-6,8,10,14,18H,3,7,9H2,1-2H3. The number of aromatic nitrogens is 2. The Hall–Kier alpha value is -1.39. The SMILES string of the molecule is CCCn1ccnc1C(Cc1ccc(F)cc1Cl)NC. The van der Waals surface area contributed by atoms with Crippen molar-refractivity contribution >= 4 is 11.6 Å².